The van der Waals surface area contributed by atoms with Gasteiger partial charge in [-0.3, -0.25) is 9.69 Å². The van der Waals surface area contributed by atoms with Crippen molar-refractivity contribution in [3.63, 3.8) is 0 Å². The molecule has 1 amide bonds. The first kappa shape index (κ1) is 23.6. The van der Waals surface area contributed by atoms with Gasteiger partial charge >= 0.3 is 0 Å². The Morgan fingerprint density at radius 3 is 2.58 bits per heavy atom. The van der Waals surface area contributed by atoms with Crippen molar-refractivity contribution in [2.75, 3.05) is 20.2 Å². The van der Waals surface area contributed by atoms with Crippen LogP contribution in [0.15, 0.2) is 48.5 Å². The van der Waals surface area contributed by atoms with Crippen molar-refractivity contribution in [3.05, 3.63) is 59.7 Å². The van der Waals surface area contributed by atoms with E-state index in [1.54, 1.807) is 13.2 Å². The molecule has 0 radical (unpaired) electrons. The molecule has 0 spiro atoms. The maximum Gasteiger partial charge on any atom is 0.255 e. The summed E-state index contributed by atoms with van der Waals surface area (Å²) >= 11 is 0. The summed E-state index contributed by atoms with van der Waals surface area (Å²) in [5, 5.41) is 3.29. The molecule has 178 valence electrons. The third kappa shape index (κ3) is 6.29. The number of hydrogen-bond acceptors (Lipinski definition) is 4. The molecule has 33 heavy (non-hydrogen) atoms. The van der Waals surface area contributed by atoms with Gasteiger partial charge in [0.25, 0.3) is 5.91 Å². The van der Waals surface area contributed by atoms with Crippen LogP contribution in [-0.2, 0) is 6.61 Å². The van der Waals surface area contributed by atoms with Crippen LogP contribution in [0.4, 0.5) is 0 Å². The van der Waals surface area contributed by atoms with E-state index < -0.39 is 0 Å². The summed E-state index contributed by atoms with van der Waals surface area (Å²) in [6, 6.07) is 15.9. The van der Waals surface area contributed by atoms with Crippen LogP contribution in [0, 0.1) is 5.92 Å². The van der Waals surface area contributed by atoms with Gasteiger partial charge in [0.2, 0.25) is 0 Å². The Bertz CT molecular complexity index is 895. The van der Waals surface area contributed by atoms with Crippen LogP contribution in [0.5, 0.6) is 11.5 Å². The third-order valence-electron chi connectivity index (χ3n) is 7.24. The first-order valence-electron chi connectivity index (χ1n) is 12.5. The Morgan fingerprint density at radius 2 is 1.82 bits per heavy atom. The van der Waals surface area contributed by atoms with Crippen LogP contribution in [0.3, 0.4) is 0 Å². The zero-order valence-corrected chi connectivity index (χ0v) is 20.1. The molecule has 5 nitrogen and oxygen atoms in total. The number of rotatable bonds is 9. The summed E-state index contributed by atoms with van der Waals surface area (Å²) in [5.74, 6) is 1.96. The first-order valence-corrected chi connectivity index (χ1v) is 12.5. The second-order valence-corrected chi connectivity index (χ2v) is 9.61. The molecule has 1 N–H and O–H groups in total. The fourth-order valence-corrected chi connectivity index (χ4v) is 5.39. The van der Waals surface area contributed by atoms with Crippen LogP contribution < -0.4 is 14.8 Å². The summed E-state index contributed by atoms with van der Waals surface area (Å²) in [5.41, 5.74) is 1.59. The van der Waals surface area contributed by atoms with Crippen molar-refractivity contribution < 1.29 is 14.3 Å². The lowest BCUT2D eigenvalue weighted by Crippen LogP contribution is -2.53. The van der Waals surface area contributed by atoms with Gasteiger partial charge in [-0.05, 0) is 68.8 Å². The average Bonchev–Trinajstić information content (AvgIpc) is 3.36. The predicted octanol–water partition coefficient (Wildman–Crippen LogP) is 5.44. The summed E-state index contributed by atoms with van der Waals surface area (Å²) < 4.78 is 11.4. The van der Waals surface area contributed by atoms with Gasteiger partial charge in [0, 0.05) is 18.6 Å². The molecule has 1 saturated heterocycles. The van der Waals surface area contributed by atoms with E-state index in [9.17, 15) is 4.79 Å². The number of methoxy groups -OCH3 is 1. The molecule has 2 aliphatic rings. The zero-order valence-electron chi connectivity index (χ0n) is 20.1. The van der Waals surface area contributed by atoms with Gasteiger partial charge in [0.1, 0.15) is 18.1 Å². The average molecular weight is 451 g/mol. The molecular formula is C28H38N2O3. The molecule has 2 aromatic carbocycles. The number of nitrogens with zero attached hydrogens (tertiary/aromatic N) is 1. The Hall–Kier alpha value is -2.53. The molecule has 1 heterocycles. The van der Waals surface area contributed by atoms with Gasteiger partial charge in [-0.25, -0.2) is 0 Å². The van der Waals surface area contributed by atoms with Gasteiger partial charge in [-0.1, -0.05) is 49.6 Å². The highest BCUT2D eigenvalue weighted by Gasteiger charge is 2.31. The van der Waals surface area contributed by atoms with Crippen LogP contribution in [-0.4, -0.2) is 43.1 Å². The van der Waals surface area contributed by atoms with Gasteiger partial charge in [-0.2, -0.15) is 0 Å². The second-order valence-electron chi connectivity index (χ2n) is 9.61. The SMILES string of the molecule is COc1ccc(OCc2ccccc2)c(C(=O)NC(C)C2CCCCN2CC2CCCC2)c1. The lowest BCUT2D eigenvalue weighted by molar-refractivity contribution is 0.0800. The van der Waals surface area contributed by atoms with E-state index in [0.29, 0.717) is 29.7 Å². The molecule has 5 heteroatoms. The quantitative estimate of drug-likeness (QED) is 0.553. The molecule has 1 saturated carbocycles. The molecule has 2 unspecified atom stereocenters. The maximum atomic E-state index is 13.4. The molecule has 1 aliphatic carbocycles. The van der Waals surface area contributed by atoms with E-state index in [-0.39, 0.29) is 11.9 Å². The number of amides is 1. The van der Waals surface area contributed by atoms with Crippen molar-refractivity contribution in [3.8, 4) is 11.5 Å². The fourth-order valence-electron chi connectivity index (χ4n) is 5.39. The van der Waals surface area contributed by atoms with Crippen LogP contribution in [0.2, 0.25) is 0 Å². The minimum Gasteiger partial charge on any atom is -0.497 e. The largest absolute Gasteiger partial charge is 0.497 e. The molecule has 0 bridgehead atoms. The van der Waals surface area contributed by atoms with Crippen LogP contribution in [0.25, 0.3) is 0 Å². The van der Waals surface area contributed by atoms with Crippen molar-refractivity contribution >= 4 is 5.91 Å². The number of likely N-dealkylation sites (tertiary alicyclic amines) is 1. The first-order chi connectivity index (χ1) is 16.1. The Morgan fingerprint density at radius 1 is 1.06 bits per heavy atom. The number of nitrogens with one attached hydrogen (secondary N) is 1. The van der Waals surface area contributed by atoms with E-state index in [1.165, 1.54) is 45.1 Å². The zero-order chi connectivity index (χ0) is 23.0. The monoisotopic (exact) mass is 450 g/mol. The normalized spacial score (nSPS) is 20.4. The highest BCUT2D eigenvalue weighted by Crippen LogP contribution is 2.30. The standard InChI is InChI=1S/C28H38N2O3/c1-21(26-14-8-9-17-30(26)19-22-10-6-7-11-22)29-28(31)25-18-24(32-2)15-16-27(25)33-20-23-12-4-3-5-13-23/h3-5,12-13,15-16,18,21-22,26H,6-11,14,17,19-20H2,1-2H3,(H,29,31). The Balaban J connectivity index is 1.44. The highest BCUT2D eigenvalue weighted by atomic mass is 16.5. The minimum absolute atomic E-state index is 0.0763. The summed E-state index contributed by atoms with van der Waals surface area (Å²) in [4.78, 5) is 16.0. The van der Waals surface area contributed by atoms with Crippen molar-refractivity contribution in [1.29, 1.82) is 0 Å². The molecule has 2 atom stereocenters. The molecule has 2 aromatic rings. The fraction of sp³-hybridized carbons (Fsp3) is 0.536. The maximum absolute atomic E-state index is 13.4. The molecular weight excluding hydrogens is 412 g/mol. The smallest absolute Gasteiger partial charge is 0.255 e. The van der Waals surface area contributed by atoms with Gasteiger partial charge in [-0.15, -0.1) is 0 Å². The van der Waals surface area contributed by atoms with Crippen molar-refractivity contribution in [2.45, 2.75) is 70.6 Å². The molecule has 4 rings (SSSR count). The highest BCUT2D eigenvalue weighted by molar-refractivity contribution is 5.97. The summed E-state index contributed by atoms with van der Waals surface area (Å²) in [6.45, 7) is 4.89. The number of ether oxygens (including phenoxy) is 2. The number of piperidine rings is 1. The predicted molar refractivity (Wildman–Crippen MR) is 132 cm³/mol. The number of carbonyl (C=O) groups is 1. The van der Waals surface area contributed by atoms with Crippen LogP contribution in [0.1, 0.15) is 67.8 Å². The van der Waals surface area contributed by atoms with E-state index >= 15 is 0 Å². The Labute approximate surface area is 198 Å². The van der Waals surface area contributed by atoms with E-state index in [2.05, 4.69) is 17.1 Å². The van der Waals surface area contributed by atoms with Gasteiger partial charge in [0.15, 0.2) is 0 Å². The molecule has 1 aliphatic heterocycles. The Kier molecular flexibility index (Phi) is 8.27. The lowest BCUT2D eigenvalue weighted by atomic mass is 9.94. The summed E-state index contributed by atoms with van der Waals surface area (Å²) in [7, 11) is 1.62. The topological polar surface area (TPSA) is 50.8 Å². The second kappa shape index (κ2) is 11.6. The van der Waals surface area contributed by atoms with Crippen molar-refractivity contribution in [1.82, 2.24) is 10.2 Å². The van der Waals surface area contributed by atoms with Gasteiger partial charge < -0.3 is 14.8 Å². The third-order valence-corrected chi connectivity index (χ3v) is 7.24. The molecule has 2 fully saturated rings. The number of hydrogen-bond donors (Lipinski definition) is 1. The van der Waals surface area contributed by atoms with E-state index in [1.807, 2.05) is 42.5 Å². The van der Waals surface area contributed by atoms with E-state index in [4.69, 9.17) is 9.47 Å². The number of benzene rings is 2. The molecule has 0 aromatic heterocycles. The summed E-state index contributed by atoms with van der Waals surface area (Å²) in [6.07, 6.45) is 9.09. The van der Waals surface area contributed by atoms with E-state index in [0.717, 1.165) is 24.4 Å². The van der Waals surface area contributed by atoms with Crippen molar-refractivity contribution in [2.24, 2.45) is 5.92 Å². The number of carbonyl (C=O) groups excluding carboxylic acids is 1. The van der Waals surface area contributed by atoms with Gasteiger partial charge in [0.05, 0.1) is 12.7 Å². The minimum atomic E-state index is -0.101. The van der Waals surface area contributed by atoms with Crippen LogP contribution >= 0.6 is 0 Å². The lowest BCUT2D eigenvalue weighted by Gasteiger charge is -2.40.